The molecule has 0 spiro atoms. The Kier molecular flexibility index (Phi) is 3.69. The van der Waals surface area contributed by atoms with Crippen LogP contribution < -0.4 is 0 Å². The number of hydrogen-bond acceptors (Lipinski definition) is 2. The van der Waals surface area contributed by atoms with Crippen molar-refractivity contribution in [2.24, 2.45) is 0 Å². The quantitative estimate of drug-likeness (QED) is 0.794. The number of nitrogens with zero attached hydrogens (tertiary/aromatic N) is 1. The van der Waals surface area contributed by atoms with Gasteiger partial charge in [-0.25, -0.2) is 0 Å². The smallest absolute Gasteiger partial charge is 0.379 e. The van der Waals surface area contributed by atoms with Crippen molar-refractivity contribution < 1.29 is 17.9 Å². The summed E-state index contributed by atoms with van der Waals surface area (Å²) >= 11 is 0. The zero-order chi connectivity index (χ0) is 12.3. The first kappa shape index (κ1) is 12.4. The molecule has 1 fully saturated rings. The largest absolute Gasteiger partial charge is 0.416 e. The summed E-state index contributed by atoms with van der Waals surface area (Å²) in [5.74, 6) is 0. The van der Waals surface area contributed by atoms with Crippen LogP contribution in [0.15, 0.2) is 24.3 Å². The van der Waals surface area contributed by atoms with Gasteiger partial charge in [0.1, 0.15) is 0 Å². The fraction of sp³-hybridized carbons (Fsp3) is 0.500. The molecule has 1 aliphatic rings. The van der Waals surface area contributed by atoms with Crippen LogP contribution in [0.5, 0.6) is 0 Å². The molecule has 5 heteroatoms. The molecule has 1 aromatic rings. The van der Waals surface area contributed by atoms with Crippen molar-refractivity contribution in [3.63, 3.8) is 0 Å². The van der Waals surface area contributed by atoms with Gasteiger partial charge in [0.15, 0.2) is 0 Å². The lowest BCUT2D eigenvalue weighted by Crippen LogP contribution is -2.35. The fourth-order valence-corrected chi connectivity index (χ4v) is 1.82. The summed E-state index contributed by atoms with van der Waals surface area (Å²) in [6.45, 7) is 3.74. The first-order chi connectivity index (χ1) is 8.05. The van der Waals surface area contributed by atoms with E-state index in [4.69, 9.17) is 4.74 Å². The Morgan fingerprint density at radius 1 is 1.06 bits per heavy atom. The highest BCUT2D eigenvalue weighted by Gasteiger charge is 2.29. The van der Waals surface area contributed by atoms with Gasteiger partial charge >= 0.3 is 6.18 Å². The van der Waals surface area contributed by atoms with E-state index in [2.05, 4.69) is 4.90 Å². The average Bonchev–Trinajstić information content (AvgIpc) is 2.30. The third-order valence-electron chi connectivity index (χ3n) is 2.79. The van der Waals surface area contributed by atoms with E-state index in [-0.39, 0.29) is 0 Å². The van der Waals surface area contributed by atoms with Gasteiger partial charge in [0.25, 0.3) is 0 Å². The molecule has 0 bridgehead atoms. The van der Waals surface area contributed by atoms with Gasteiger partial charge in [-0.15, -0.1) is 0 Å². The van der Waals surface area contributed by atoms with E-state index < -0.39 is 11.7 Å². The second kappa shape index (κ2) is 5.06. The van der Waals surface area contributed by atoms with Crippen LogP contribution in [0.3, 0.4) is 0 Å². The van der Waals surface area contributed by atoms with Gasteiger partial charge in [-0.2, -0.15) is 13.2 Å². The van der Waals surface area contributed by atoms with E-state index in [0.717, 1.165) is 30.8 Å². The van der Waals surface area contributed by atoms with Crippen molar-refractivity contribution in [3.8, 4) is 0 Å². The van der Waals surface area contributed by atoms with E-state index in [9.17, 15) is 13.2 Å². The van der Waals surface area contributed by atoms with E-state index in [0.29, 0.717) is 19.8 Å². The summed E-state index contributed by atoms with van der Waals surface area (Å²) in [6.07, 6.45) is -4.25. The molecule has 0 amide bonds. The first-order valence-corrected chi connectivity index (χ1v) is 5.52. The van der Waals surface area contributed by atoms with Gasteiger partial charge < -0.3 is 4.74 Å². The van der Waals surface area contributed by atoms with Crippen LogP contribution in [0, 0.1) is 0 Å². The van der Waals surface area contributed by atoms with Crippen molar-refractivity contribution in [2.75, 3.05) is 26.3 Å². The second-order valence-corrected chi connectivity index (χ2v) is 4.08. The van der Waals surface area contributed by atoms with E-state index in [1.165, 1.54) is 12.1 Å². The summed E-state index contributed by atoms with van der Waals surface area (Å²) < 4.78 is 42.3. The summed E-state index contributed by atoms with van der Waals surface area (Å²) in [5, 5.41) is 0. The maximum Gasteiger partial charge on any atom is 0.416 e. The Balaban J connectivity index is 1.98. The number of benzene rings is 1. The van der Waals surface area contributed by atoms with Crippen molar-refractivity contribution in [3.05, 3.63) is 35.4 Å². The van der Waals surface area contributed by atoms with Gasteiger partial charge in [-0.1, -0.05) is 12.1 Å². The van der Waals surface area contributed by atoms with Crippen LogP contribution >= 0.6 is 0 Å². The Bertz CT molecular complexity index is 355. The second-order valence-electron chi connectivity index (χ2n) is 4.08. The minimum Gasteiger partial charge on any atom is -0.379 e. The summed E-state index contributed by atoms with van der Waals surface area (Å²) in [4.78, 5) is 2.17. The van der Waals surface area contributed by atoms with Gasteiger partial charge in [0, 0.05) is 19.6 Å². The normalized spacial score (nSPS) is 18.3. The monoisotopic (exact) mass is 245 g/mol. The van der Waals surface area contributed by atoms with E-state index in [1.807, 2.05) is 0 Å². The van der Waals surface area contributed by atoms with Gasteiger partial charge in [0.05, 0.1) is 18.8 Å². The zero-order valence-electron chi connectivity index (χ0n) is 9.33. The molecule has 0 aromatic heterocycles. The molecule has 0 N–H and O–H groups in total. The highest BCUT2D eigenvalue weighted by Crippen LogP contribution is 2.29. The highest BCUT2D eigenvalue weighted by molar-refractivity contribution is 5.24. The summed E-state index contributed by atoms with van der Waals surface area (Å²) in [5.41, 5.74) is 0.308. The van der Waals surface area contributed by atoms with Gasteiger partial charge in [0.2, 0.25) is 0 Å². The predicted octanol–water partition coefficient (Wildman–Crippen LogP) is 2.54. The number of halogens is 3. The molecule has 1 saturated heterocycles. The topological polar surface area (TPSA) is 12.5 Å². The van der Waals surface area contributed by atoms with Crippen molar-refractivity contribution in [1.29, 1.82) is 0 Å². The lowest BCUT2D eigenvalue weighted by Gasteiger charge is -2.26. The Labute approximate surface area is 98.0 Å². The lowest BCUT2D eigenvalue weighted by molar-refractivity contribution is -0.137. The van der Waals surface area contributed by atoms with Crippen LogP contribution in [0.25, 0.3) is 0 Å². The SMILES string of the molecule is FC(F)(F)c1ccc(CN2CCOCC2)cc1. The molecule has 0 unspecified atom stereocenters. The molecule has 1 aromatic carbocycles. The van der Waals surface area contributed by atoms with Crippen molar-refractivity contribution in [2.45, 2.75) is 12.7 Å². The Hall–Kier alpha value is -1.07. The number of hydrogen-bond donors (Lipinski definition) is 0. The van der Waals surface area contributed by atoms with Crippen LogP contribution in [0.1, 0.15) is 11.1 Å². The third kappa shape index (κ3) is 3.44. The lowest BCUT2D eigenvalue weighted by atomic mass is 10.1. The highest BCUT2D eigenvalue weighted by atomic mass is 19.4. The number of ether oxygens (including phenoxy) is 1. The van der Waals surface area contributed by atoms with Crippen molar-refractivity contribution in [1.82, 2.24) is 4.90 Å². The molecule has 0 saturated carbocycles. The maximum atomic E-state index is 12.4. The molecular formula is C12H14F3NO. The van der Waals surface area contributed by atoms with Gasteiger partial charge in [-0.05, 0) is 17.7 Å². The molecule has 94 valence electrons. The summed E-state index contributed by atoms with van der Waals surface area (Å²) in [6, 6.07) is 5.35. The van der Waals surface area contributed by atoms with E-state index in [1.54, 1.807) is 0 Å². The van der Waals surface area contributed by atoms with Crippen LogP contribution in [-0.4, -0.2) is 31.2 Å². The maximum absolute atomic E-state index is 12.4. The fourth-order valence-electron chi connectivity index (χ4n) is 1.82. The van der Waals surface area contributed by atoms with Crippen LogP contribution in [0.2, 0.25) is 0 Å². The Morgan fingerprint density at radius 3 is 2.18 bits per heavy atom. The molecule has 1 aliphatic heterocycles. The standard InChI is InChI=1S/C12H14F3NO/c13-12(14,15)11-3-1-10(2-4-11)9-16-5-7-17-8-6-16/h1-4H,5-9H2. The number of rotatable bonds is 2. The number of alkyl halides is 3. The predicted molar refractivity (Wildman–Crippen MR) is 57.5 cm³/mol. The molecule has 17 heavy (non-hydrogen) atoms. The van der Waals surface area contributed by atoms with Crippen molar-refractivity contribution >= 4 is 0 Å². The zero-order valence-corrected chi connectivity index (χ0v) is 9.33. The minimum atomic E-state index is -4.25. The third-order valence-corrected chi connectivity index (χ3v) is 2.79. The van der Waals surface area contributed by atoms with Crippen LogP contribution in [0.4, 0.5) is 13.2 Å². The van der Waals surface area contributed by atoms with E-state index >= 15 is 0 Å². The molecule has 0 atom stereocenters. The molecular weight excluding hydrogens is 231 g/mol. The average molecular weight is 245 g/mol. The van der Waals surface area contributed by atoms with Crippen LogP contribution in [-0.2, 0) is 17.5 Å². The Morgan fingerprint density at radius 2 is 1.65 bits per heavy atom. The molecule has 2 rings (SSSR count). The molecule has 1 heterocycles. The molecule has 0 radical (unpaired) electrons. The first-order valence-electron chi connectivity index (χ1n) is 5.52. The summed E-state index contributed by atoms with van der Waals surface area (Å²) in [7, 11) is 0. The number of morpholine rings is 1. The minimum absolute atomic E-state index is 0.594. The molecule has 2 nitrogen and oxygen atoms in total. The molecule has 0 aliphatic carbocycles. The van der Waals surface area contributed by atoms with Gasteiger partial charge in [-0.3, -0.25) is 4.90 Å².